The molecule has 1 aromatic rings. The Morgan fingerprint density at radius 2 is 1.77 bits per heavy atom. The number of hydrogen-bond acceptors (Lipinski definition) is 5. The molecule has 0 amide bonds. The second kappa shape index (κ2) is 9.18. The number of rotatable bonds is 9. The van der Waals surface area contributed by atoms with E-state index in [1.54, 1.807) is 0 Å². The Hall–Kier alpha value is -1.91. The average molecular weight is 310 g/mol. The molecule has 0 radical (unpaired) electrons. The van der Waals surface area contributed by atoms with Gasteiger partial charge in [0.1, 0.15) is 0 Å². The van der Waals surface area contributed by atoms with E-state index in [0.717, 1.165) is 25.7 Å². The number of phenols is 1. The van der Waals surface area contributed by atoms with Gasteiger partial charge in [-0.15, -0.1) is 0 Å². The molecule has 5 heteroatoms. The molecule has 1 aromatic carbocycles. The highest BCUT2D eigenvalue weighted by Crippen LogP contribution is 2.37. The van der Waals surface area contributed by atoms with Crippen molar-refractivity contribution in [2.24, 2.45) is 5.92 Å². The molecule has 22 heavy (non-hydrogen) atoms. The van der Waals surface area contributed by atoms with Gasteiger partial charge in [-0.3, -0.25) is 0 Å². The van der Waals surface area contributed by atoms with Gasteiger partial charge in [0.05, 0.1) is 26.4 Å². The summed E-state index contributed by atoms with van der Waals surface area (Å²) in [7, 11) is 2.84. The first-order valence-electron chi connectivity index (χ1n) is 7.69. The lowest BCUT2D eigenvalue weighted by atomic mass is 10.0. The molecule has 0 aromatic heterocycles. The Morgan fingerprint density at radius 3 is 2.23 bits per heavy atom. The van der Waals surface area contributed by atoms with Gasteiger partial charge < -0.3 is 19.3 Å². The summed E-state index contributed by atoms with van der Waals surface area (Å²) in [5.41, 5.74) is 0.303. The van der Waals surface area contributed by atoms with Crippen LogP contribution in [0.15, 0.2) is 12.1 Å². The molecule has 0 saturated heterocycles. The zero-order valence-electron chi connectivity index (χ0n) is 13.8. The molecule has 0 fully saturated rings. The molecule has 1 rings (SSSR count). The van der Waals surface area contributed by atoms with Crippen LogP contribution in [0.3, 0.4) is 0 Å². The average Bonchev–Trinajstić information content (AvgIpc) is 2.54. The van der Waals surface area contributed by atoms with Gasteiger partial charge >= 0.3 is 5.97 Å². The minimum Gasteiger partial charge on any atom is -0.502 e. The van der Waals surface area contributed by atoms with Crippen LogP contribution in [0.4, 0.5) is 0 Å². The van der Waals surface area contributed by atoms with E-state index < -0.39 is 5.97 Å². The molecule has 0 spiro atoms. The second-order valence-electron chi connectivity index (χ2n) is 5.24. The van der Waals surface area contributed by atoms with E-state index in [-0.39, 0.29) is 17.2 Å². The van der Waals surface area contributed by atoms with Crippen molar-refractivity contribution >= 4 is 5.97 Å². The van der Waals surface area contributed by atoms with Crippen LogP contribution in [0.2, 0.25) is 0 Å². The summed E-state index contributed by atoms with van der Waals surface area (Å²) in [5, 5.41) is 9.85. The number of hydrogen-bond donors (Lipinski definition) is 1. The Kier molecular flexibility index (Phi) is 7.57. The van der Waals surface area contributed by atoms with E-state index in [1.165, 1.54) is 26.4 Å². The number of esters is 1. The normalized spacial score (nSPS) is 11.8. The van der Waals surface area contributed by atoms with Crippen molar-refractivity contribution in [1.82, 2.24) is 0 Å². The third-order valence-electron chi connectivity index (χ3n) is 3.71. The van der Waals surface area contributed by atoms with Crippen LogP contribution in [-0.2, 0) is 4.74 Å². The minimum atomic E-state index is -0.438. The molecular weight excluding hydrogens is 284 g/mol. The SMILES string of the molecule is CCCCC(CC)COC(=O)c1cc(OC)c(O)c(OC)c1. The van der Waals surface area contributed by atoms with Gasteiger partial charge in [-0.25, -0.2) is 4.79 Å². The van der Waals surface area contributed by atoms with Gasteiger partial charge in [0.2, 0.25) is 5.75 Å². The van der Waals surface area contributed by atoms with Gasteiger partial charge in [0.25, 0.3) is 0 Å². The van der Waals surface area contributed by atoms with Crippen LogP contribution in [0.25, 0.3) is 0 Å². The summed E-state index contributed by atoms with van der Waals surface area (Å²) in [6.07, 6.45) is 4.31. The van der Waals surface area contributed by atoms with Crippen molar-refractivity contribution in [3.8, 4) is 17.2 Å². The zero-order chi connectivity index (χ0) is 16.5. The summed E-state index contributed by atoms with van der Waals surface area (Å²) in [5.74, 6) is 0.181. The molecule has 0 heterocycles. The maximum absolute atomic E-state index is 12.2. The van der Waals surface area contributed by atoms with Crippen LogP contribution in [0, 0.1) is 5.92 Å². The quantitative estimate of drug-likeness (QED) is 0.703. The Morgan fingerprint density at radius 1 is 1.18 bits per heavy atom. The number of aromatic hydroxyl groups is 1. The van der Waals surface area contributed by atoms with Gasteiger partial charge in [-0.1, -0.05) is 33.1 Å². The first kappa shape index (κ1) is 18.1. The van der Waals surface area contributed by atoms with Crippen LogP contribution in [0.5, 0.6) is 17.2 Å². The number of ether oxygens (including phenoxy) is 3. The van der Waals surface area contributed by atoms with Crippen LogP contribution < -0.4 is 9.47 Å². The number of phenolic OH excluding ortho intramolecular Hbond substituents is 1. The lowest BCUT2D eigenvalue weighted by molar-refractivity contribution is 0.0427. The number of unbranched alkanes of at least 4 members (excludes halogenated alkanes) is 1. The number of methoxy groups -OCH3 is 2. The van der Waals surface area contributed by atoms with Gasteiger partial charge in [0.15, 0.2) is 11.5 Å². The molecule has 1 N–H and O–H groups in total. The third-order valence-corrected chi connectivity index (χ3v) is 3.71. The highest BCUT2D eigenvalue weighted by molar-refractivity contribution is 5.91. The van der Waals surface area contributed by atoms with E-state index in [2.05, 4.69) is 13.8 Å². The fourth-order valence-corrected chi connectivity index (χ4v) is 2.19. The lowest BCUT2D eigenvalue weighted by Crippen LogP contribution is -2.14. The van der Waals surface area contributed by atoms with E-state index in [1.807, 2.05) is 0 Å². The van der Waals surface area contributed by atoms with E-state index in [9.17, 15) is 9.90 Å². The fourth-order valence-electron chi connectivity index (χ4n) is 2.19. The summed E-state index contributed by atoms with van der Waals surface area (Å²) < 4.78 is 15.5. The Bertz CT molecular complexity index is 459. The van der Waals surface area contributed by atoms with Crippen molar-refractivity contribution in [2.45, 2.75) is 39.5 Å². The molecule has 0 saturated carbocycles. The van der Waals surface area contributed by atoms with E-state index in [4.69, 9.17) is 14.2 Å². The highest BCUT2D eigenvalue weighted by Gasteiger charge is 2.17. The minimum absolute atomic E-state index is 0.129. The topological polar surface area (TPSA) is 65.0 Å². The van der Waals surface area contributed by atoms with E-state index >= 15 is 0 Å². The molecular formula is C17H26O5. The smallest absolute Gasteiger partial charge is 0.338 e. The summed E-state index contributed by atoms with van der Waals surface area (Å²) in [6.45, 7) is 4.65. The molecule has 124 valence electrons. The highest BCUT2D eigenvalue weighted by atomic mass is 16.5. The molecule has 0 aliphatic rings. The van der Waals surface area contributed by atoms with Crippen LogP contribution >= 0.6 is 0 Å². The molecule has 0 bridgehead atoms. The predicted octanol–water partition coefficient (Wildman–Crippen LogP) is 3.78. The summed E-state index contributed by atoms with van der Waals surface area (Å²) in [6, 6.07) is 2.90. The van der Waals surface area contributed by atoms with Crippen molar-refractivity contribution in [3.63, 3.8) is 0 Å². The number of benzene rings is 1. The fraction of sp³-hybridized carbons (Fsp3) is 0.588. The number of carbonyl (C=O) groups is 1. The predicted molar refractivity (Wildman–Crippen MR) is 84.8 cm³/mol. The molecule has 0 aliphatic heterocycles. The summed E-state index contributed by atoms with van der Waals surface area (Å²) in [4.78, 5) is 12.2. The maximum Gasteiger partial charge on any atom is 0.338 e. The van der Waals surface area contributed by atoms with Gasteiger partial charge in [-0.05, 0) is 24.5 Å². The second-order valence-corrected chi connectivity index (χ2v) is 5.24. The molecule has 0 aliphatic carbocycles. The van der Waals surface area contributed by atoms with Crippen LogP contribution in [0.1, 0.15) is 49.9 Å². The standard InChI is InChI=1S/C17H26O5/c1-5-7-8-12(6-2)11-22-17(19)13-9-14(20-3)16(18)15(10-13)21-4/h9-10,12,18H,5-8,11H2,1-4H3. The first-order chi connectivity index (χ1) is 10.6. The zero-order valence-corrected chi connectivity index (χ0v) is 13.8. The number of carbonyl (C=O) groups excluding carboxylic acids is 1. The third kappa shape index (κ3) is 4.83. The van der Waals surface area contributed by atoms with Crippen molar-refractivity contribution in [2.75, 3.05) is 20.8 Å². The molecule has 1 unspecified atom stereocenters. The van der Waals surface area contributed by atoms with Gasteiger partial charge in [-0.2, -0.15) is 0 Å². The monoisotopic (exact) mass is 310 g/mol. The largest absolute Gasteiger partial charge is 0.502 e. The van der Waals surface area contributed by atoms with Crippen molar-refractivity contribution in [3.05, 3.63) is 17.7 Å². The van der Waals surface area contributed by atoms with Gasteiger partial charge in [0, 0.05) is 0 Å². The van der Waals surface area contributed by atoms with Crippen LogP contribution in [-0.4, -0.2) is 31.9 Å². The van der Waals surface area contributed by atoms with Crippen molar-refractivity contribution in [1.29, 1.82) is 0 Å². The maximum atomic E-state index is 12.2. The lowest BCUT2D eigenvalue weighted by Gasteiger charge is -2.15. The Labute approximate surface area is 132 Å². The molecule has 1 atom stereocenters. The van der Waals surface area contributed by atoms with E-state index in [0.29, 0.717) is 18.1 Å². The summed E-state index contributed by atoms with van der Waals surface area (Å²) >= 11 is 0. The Balaban J connectivity index is 2.76. The molecule has 5 nitrogen and oxygen atoms in total. The van der Waals surface area contributed by atoms with Crippen molar-refractivity contribution < 1.29 is 24.1 Å². The first-order valence-corrected chi connectivity index (χ1v) is 7.69.